The van der Waals surface area contributed by atoms with Crippen LogP contribution in [0.4, 0.5) is 8.78 Å². The van der Waals surface area contributed by atoms with Gasteiger partial charge in [0.2, 0.25) is 0 Å². The summed E-state index contributed by atoms with van der Waals surface area (Å²) in [6.07, 6.45) is 3.78. The molecule has 2 atom stereocenters. The van der Waals surface area contributed by atoms with Gasteiger partial charge in [-0.05, 0) is 50.4 Å². The van der Waals surface area contributed by atoms with Gasteiger partial charge in [0.15, 0.2) is 11.6 Å². The van der Waals surface area contributed by atoms with Gasteiger partial charge in [0.25, 0.3) is 0 Å². The molecular weight excluding hydrogens is 280 g/mol. The third-order valence-electron chi connectivity index (χ3n) is 3.81. The van der Waals surface area contributed by atoms with Gasteiger partial charge in [-0.25, -0.2) is 8.78 Å². The first-order chi connectivity index (χ1) is 9.58. The molecule has 2 rings (SSSR count). The Hall–Kier alpha value is -0.650. The van der Waals surface area contributed by atoms with Crippen LogP contribution in [0.15, 0.2) is 23.1 Å². The van der Waals surface area contributed by atoms with Gasteiger partial charge in [-0.2, -0.15) is 0 Å². The van der Waals surface area contributed by atoms with E-state index >= 15 is 0 Å². The zero-order valence-electron chi connectivity index (χ0n) is 11.7. The summed E-state index contributed by atoms with van der Waals surface area (Å²) in [5.74, 6) is -1.61. The molecule has 0 heterocycles. The molecule has 2 nitrogen and oxygen atoms in total. The molecule has 1 saturated carbocycles. The minimum Gasteiger partial charge on any atom is -0.394 e. The fraction of sp³-hybridized carbons (Fsp3) is 0.600. The number of benzene rings is 1. The number of aliphatic hydroxyl groups excluding tert-OH is 1. The maximum atomic E-state index is 13.2. The van der Waals surface area contributed by atoms with E-state index in [1.54, 1.807) is 17.8 Å². The topological polar surface area (TPSA) is 32.3 Å². The first-order valence-corrected chi connectivity index (χ1v) is 7.94. The van der Waals surface area contributed by atoms with Crippen LogP contribution in [0.1, 0.15) is 32.6 Å². The lowest BCUT2D eigenvalue weighted by Crippen LogP contribution is -2.46. The molecule has 0 spiro atoms. The van der Waals surface area contributed by atoms with Crippen molar-refractivity contribution < 1.29 is 13.9 Å². The minimum atomic E-state index is -0.810. The van der Waals surface area contributed by atoms with E-state index in [1.165, 1.54) is 12.1 Å². The molecule has 2 N–H and O–H groups in total. The summed E-state index contributed by atoms with van der Waals surface area (Å²) in [5, 5.41) is 13.4. The van der Waals surface area contributed by atoms with Crippen LogP contribution < -0.4 is 5.32 Å². The van der Waals surface area contributed by atoms with E-state index in [-0.39, 0.29) is 12.1 Å². The Morgan fingerprint density at radius 1 is 1.40 bits per heavy atom. The van der Waals surface area contributed by atoms with Crippen molar-refractivity contribution in [2.24, 2.45) is 0 Å². The van der Waals surface area contributed by atoms with Crippen LogP contribution >= 0.6 is 11.8 Å². The predicted octanol–water partition coefficient (Wildman–Crippen LogP) is 3.34. The normalized spacial score (nSPS) is 26.1. The smallest absolute Gasteiger partial charge is 0.159 e. The Labute approximate surface area is 123 Å². The number of hydrogen-bond acceptors (Lipinski definition) is 3. The van der Waals surface area contributed by atoms with Crippen molar-refractivity contribution in [1.29, 1.82) is 0 Å². The zero-order valence-corrected chi connectivity index (χ0v) is 12.5. The Kier molecular flexibility index (Phi) is 5.41. The number of aliphatic hydroxyl groups is 1. The third kappa shape index (κ3) is 3.71. The minimum absolute atomic E-state index is 0.127. The van der Waals surface area contributed by atoms with Crippen molar-refractivity contribution >= 4 is 11.8 Å². The van der Waals surface area contributed by atoms with E-state index in [9.17, 15) is 13.9 Å². The van der Waals surface area contributed by atoms with Gasteiger partial charge in [-0.3, -0.25) is 0 Å². The fourth-order valence-corrected chi connectivity index (χ4v) is 4.01. The van der Waals surface area contributed by atoms with Crippen LogP contribution in [-0.4, -0.2) is 29.0 Å². The van der Waals surface area contributed by atoms with Crippen LogP contribution in [0.5, 0.6) is 0 Å². The molecule has 1 aliphatic rings. The van der Waals surface area contributed by atoms with Gasteiger partial charge in [0.1, 0.15) is 0 Å². The molecule has 0 aliphatic heterocycles. The molecule has 0 saturated heterocycles. The zero-order chi connectivity index (χ0) is 14.6. The van der Waals surface area contributed by atoms with E-state index in [2.05, 4.69) is 12.2 Å². The molecule has 2 unspecified atom stereocenters. The van der Waals surface area contributed by atoms with Gasteiger partial charge >= 0.3 is 0 Å². The van der Waals surface area contributed by atoms with Gasteiger partial charge in [-0.15, -0.1) is 11.8 Å². The van der Waals surface area contributed by atoms with Crippen molar-refractivity contribution in [2.45, 2.75) is 48.3 Å². The molecule has 0 amide bonds. The lowest BCUT2D eigenvalue weighted by atomic mass is 9.99. The molecule has 1 aliphatic carbocycles. The highest BCUT2D eigenvalue weighted by Gasteiger charge is 2.38. The number of thioether (sulfide) groups is 1. The summed E-state index contributed by atoms with van der Waals surface area (Å²) < 4.78 is 26.1. The quantitative estimate of drug-likeness (QED) is 0.845. The maximum absolute atomic E-state index is 13.2. The van der Waals surface area contributed by atoms with E-state index in [1.807, 2.05) is 0 Å². The van der Waals surface area contributed by atoms with Crippen LogP contribution in [0, 0.1) is 11.6 Å². The standard InChI is InChI=1S/C15H21F2NOS/c1-2-7-18-15(10-19)6-5-12(9-15)20-11-3-4-13(16)14(17)8-11/h3-4,8,12,18-19H,2,5-7,9-10H2,1H3. The average Bonchev–Trinajstić information content (AvgIpc) is 2.85. The third-order valence-corrected chi connectivity index (χ3v) is 5.07. The summed E-state index contributed by atoms with van der Waals surface area (Å²) >= 11 is 1.57. The molecule has 1 fully saturated rings. The molecule has 0 aromatic heterocycles. The van der Waals surface area contributed by atoms with Gasteiger partial charge in [-0.1, -0.05) is 6.92 Å². The molecule has 0 bridgehead atoms. The summed E-state index contributed by atoms with van der Waals surface area (Å²) in [5.41, 5.74) is -0.202. The van der Waals surface area contributed by atoms with Crippen LogP contribution in [-0.2, 0) is 0 Å². The first kappa shape index (κ1) is 15.7. The van der Waals surface area contributed by atoms with E-state index < -0.39 is 11.6 Å². The second kappa shape index (κ2) is 6.87. The van der Waals surface area contributed by atoms with Crippen molar-refractivity contribution in [3.8, 4) is 0 Å². The van der Waals surface area contributed by atoms with Gasteiger partial charge in [0.05, 0.1) is 6.61 Å². The first-order valence-electron chi connectivity index (χ1n) is 7.06. The van der Waals surface area contributed by atoms with Gasteiger partial charge in [0, 0.05) is 15.7 Å². The Morgan fingerprint density at radius 3 is 2.85 bits per heavy atom. The van der Waals surface area contributed by atoms with Crippen LogP contribution in [0.2, 0.25) is 0 Å². The molecule has 0 radical (unpaired) electrons. The summed E-state index contributed by atoms with van der Waals surface area (Å²) in [7, 11) is 0. The summed E-state index contributed by atoms with van der Waals surface area (Å²) in [6, 6.07) is 4.03. The van der Waals surface area contributed by atoms with Crippen LogP contribution in [0.3, 0.4) is 0 Å². The molecule has 1 aromatic carbocycles. The number of halogens is 2. The van der Waals surface area contributed by atoms with Crippen molar-refractivity contribution in [3.05, 3.63) is 29.8 Å². The second-order valence-electron chi connectivity index (χ2n) is 5.42. The monoisotopic (exact) mass is 301 g/mol. The van der Waals surface area contributed by atoms with E-state index in [0.29, 0.717) is 5.25 Å². The molecule has 20 heavy (non-hydrogen) atoms. The molecular formula is C15H21F2NOS. The fourth-order valence-electron chi connectivity index (χ4n) is 2.67. The molecule has 112 valence electrons. The van der Waals surface area contributed by atoms with Crippen molar-refractivity contribution in [1.82, 2.24) is 5.32 Å². The highest BCUT2D eigenvalue weighted by Crippen LogP contribution is 2.40. The Bertz CT molecular complexity index is 457. The number of rotatable bonds is 6. The van der Waals surface area contributed by atoms with Crippen molar-refractivity contribution in [2.75, 3.05) is 13.2 Å². The lowest BCUT2D eigenvalue weighted by Gasteiger charge is -2.28. The SMILES string of the molecule is CCCNC1(CO)CCC(Sc2ccc(F)c(F)c2)C1. The largest absolute Gasteiger partial charge is 0.394 e. The number of nitrogens with one attached hydrogen (secondary N) is 1. The molecule has 5 heteroatoms. The Balaban J connectivity index is 1.96. The highest BCUT2D eigenvalue weighted by atomic mass is 32.2. The summed E-state index contributed by atoms with van der Waals surface area (Å²) in [6.45, 7) is 3.12. The number of hydrogen-bond donors (Lipinski definition) is 2. The summed E-state index contributed by atoms with van der Waals surface area (Å²) in [4.78, 5) is 0.748. The Morgan fingerprint density at radius 2 is 2.20 bits per heavy atom. The van der Waals surface area contributed by atoms with Crippen LogP contribution in [0.25, 0.3) is 0 Å². The van der Waals surface area contributed by atoms with Gasteiger partial charge < -0.3 is 10.4 Å². The predicted molar refractivity (Wildman–Crippen MR) is 78.0 cm³/mol. The van der Waals surface area contributed by atoms with Crippen molar-refractivity contribution in [3.63, 3.8) is 0 Å². The molecule has 1 aromatic rings. The maximum Gasteiger partial charge on any atom is 0.159 e. The second-order valence-corrected chi connectivity index (χ2v) is 6.80. The lowest BCUT2D eigenvalue weighted by molar-refractivity contribution is 0.165. The average molecular weight is 301 g/mol. The van der Waals surface area contributed by atoms with E-state index in [0.717, 1.165) is 37.1 Å². The van der Waals surface area contributed by atoms with E-state index in [4.69, 9.17) is 0 Å². The highest BCUT2D eigenvalue weighted by molar-refractivity contribution is 8.00.